The summed E-state index contributed by atoms with van der Waals surface area (Å²) in [5.41, 5.74) is 0. The predicted octanol–water partition coefficient (Wildman–Crippen LogP) is 1.75. The number of carbonyl (C=O) groups is 2. The summed E-state index contributed by atoms with van der Waals surface area (Å²) >= 11 is 0. The lowest BCUT2D eigenvalue weighted by molar-refractivity contribution is -0.184. The molecule has 1 aliphatic rings. The van der Waals surface area contributed by atoms with Crippen LogP contribution in [0.1, 0.15) is 34.1 Å². The van der Waals surface area contributed by atoms with Gasteiger partial charge in [-0.25, -0.2) is 0 Å². The summed E-state index contributed by atoms with van der Waals surface area (Å²) in [6.07, 6.45) is 0.234. The van der Waals surface area contributed by atoms with E-state index >= 15 is 0 Å². The highest BCUT2D eigenvalue weighted by molar-refractivity contribution is 5.96. The van der Waals surface area contributed by atoms with E-state index in [1.54, 1.807) is 6.92 Å². The fourth-order valence-corrected chi connectivity index (χ4v) is 2.40. The highest BCUT2D eigenvalue weighted by Crippen LogP contribution is 2.35. The zero-order valence-corrected chi connectivity index (χ0v) is 11.5. The third-order valence-corrected chi connectivity index (χ3v) is 3.33. The summed E-state index contributed by atoms with van der Waals surface area (Å²) in [6.45, 7) is 8.44. The number of cyclic esters (lactones) is 2. The van der Waals surface area contributed by atoms with Gasteiger partial charge in [0.1, 0.15) is 0 Å². The third kappa shape index (κ3) is 3.09. The van der Waals surface area contributed by atoms with Crippen molar-refractivity contribution in [3.63, 3.8) is 0 Å². The minimum absolute atomic E-state index is 0.154. The van der Waals surface area contributed by atoms with Crippen LogP contribution < -0.4 is 0 Å². The lowest BCUT2D eigenvalue weighted by Crippen LogP contribution is -2.37. The normalized spacial score (nSPS) is 25.6. The Balaban J connectivity index is 2.86. The number of ether oxygens (including phenoxy) is 3. The van der Waals surface area contributed by atoms with E-state index < -0.39 is 30.1 Å². The molecule has 0 amide bonds. The molecule has 104 valence electrons. The molecule has 0 radical (unpaired) electrons. The highest BCUT2D eigenvalue weighted by Gasteiger charge is 2.48. The molecule has 1 heterocycles. The van der Waals surface area contributed by atoms with Crippen LogP contribution in [0.3, 0.4) is 0 Å². The van der Waals surface area contributed by atoms with Crippen LogP contribution in [0.5, 0.6) is 0 Å². The van der Waals surface area contributed by atoms with Gasteiger partial charge in [0.2, 0.25) is 0 Å². The van der Waals surface area contributed by atoms with Gasteiger partial charge in [-0.1, -0.05) is 13.8 Å². The molecule has 0 bridgehead atoms. The van der Waals surface area contributed by atoms with Crippen LogP contribution in [0.4, 0.5) is 0 Å². The zero-order chi connectivity index (χ0) is 13.7. The number of rotatable bonds is 7. The third-order valence-electron chi connectivity index (χ3n) is 3.33. The van der Waals surface area contributed by atoms with E-state index in [1.165, 1.54) is 0 Å². The minimum Gasteiger partial charge on any atom is -0.393 e. The molecule has 5 nitrogen and oxygen atoms in total. The first-order valence-electron chi connectivity index (χ1n) is 6.55. The average molecular weight is 258 g/mol. The first-order chi connectivity index (χ1) is 8.56. The maximum Gasteiger partial charge on any atom is 0.317 e. The molecular formula is C13H22O5. The molecule has 1 saturated heterocycles. The van der Waals surface area contributed by atoms with Crippen molar-refractivity contribution in [1.29, 1.82) is 0 Å². The Hall–Kier alpha value is -0.940. The summed E-state index contributed by atoms with van der Waals surface area (Å²) < 4.78 is 15.8. The van der Waals surface area contributed by atoms with Crippen molar-refractivity contribution in [2.45, 2.75) is 40.4 Å². The first-order valence-corrected chi connectivity index (χ1v) is 6.55. The van der Waals surface area contributed by atoms with Crippen LogP contribution in [0.25, 0.3) is 0 Å². The molecule has 3 unspecified atom stereocenters. The number of hydrogen-bond acceptors (Lipinski definition) is 5. The first kappa shape index (κ1) is 15.1. The summed E-state index contributed by atoms with van der Waals surface area (Å²) in [6, 6.07) is 0. The van der Waals surface area contributed by atoms with Gasteiger partial charge in [0.05, 0.1) is 11.8 Å². The maximum atomic E-state index is 11.8. The maximum absolute atomic E-state index is 11.8. The van der Waals surface area contributed by atoms with Crippen molar-refractivity contribution in [2.24, 2.45) is 17.8 Å². The molecule has 0 aliphatic carbocycles. The van der Waals surface area contributed by atoms with Gasteiger partial charge in [0.15, 0.2) is 6.29 Å². The average Bonchev–Trinajstić information content (AvgIpc) is 2.57. The Morgan fingerprint density at radius 3 is 2.00 bits per heavy atom. The quantitative estimate of drug-likeness (QED) is 0.395. The molecule has 0 saturated carbocycles. The van der Waals surface area contributed by atoms with Crippen molar-refractivity contribution < 1.29 is 23.8 Å². The van der Waals surface area contributed by atoms with Crippen LogP contribution >= 0.6 is 0 Å². The van der Waals surface area contributed by atoms with E-state index in [2.05, 4.69) is 4.74 Å². The highest BCUT2D eigenvalue weighted by atomic mass is 16.7. The summed E-state index contributed by atoms with van der Waals surface area (Å²) in [5, 5.41) is 0. The second-order valence-electron chi connectivity index (χ2n) is 4.41. The molecule has 1 fully saturated rings. The van der Waals surface area contributed by atoms with Crippen LogP contribution in [0.2, 0.25) is 0 Å². The Kier molecular flexibility index (Phi) is 5.75. The molecule has 5 heteroatoms. The molecule has 0 aromatic rings. The summed E-state index contributed by atoms with van der Waals surface area (Å²) in [7, 11) is 0. The van der Waals surface area contributed by atoms with Crippen LogP contribution in [-0.2, 0) is 23.8 Å². The topological polar surface area (TPSA) is 61.8 Å². The second kappa shape index (κ2) is 6.85. The molecule has 18 heavy (non-hydrogen) atoms. The van der Waals surface area contributed by atoms with E-state index in [9.17, 15) is 9.59 Å². The number of carbonyl (C=O) groups excluding carboxylic acids is 2. The van der Waals surface area contributed by atoms with E-state index in [1.807, 2.05) is 20.8 Å². The van der Waals surface area contributed by atoms with E-state index in [0.29, 0.717) is 19.6 Å². The van der Waals surface area contributed by atoms with Crippen molar-refractivity contribution in [2.75, 3.05) is 13.2 Å². The van der Waals surface area contributed by atoms with E-state index in [0.717, 1.165) is 0 Å². The molecule has 0 N–H and O–H groups in total. The minimum atomic E-state index is -0.467. The fourth-order valence-electron chi connectivity index (χ4n) is 2.40. The molecule has 1 rings (SSSR count). The monoisotopic (exact) mass is 258 g/mol. The lowest BCUT2D eigenvalue weighted by Gasteiger charge is -2.29. The Morgan fingerprint density at radius 2 is 1.67 bits per heavy atom. The van der Waals surface area contributed by atoms with Gasteiger partial charge >= 0.3 is 11.9 Å². The largest absolute Gasteiger partial charge is 0.393 e. The second-order valence-corrected chi connectivity index (χ2v) is 4.41. The lowest BCUT2D eigenvalue weighted by atomic mass is 9.82. The molecule has 0 aromatic carbocycles. The molecule has 1 aliphatic heterocycles. The van der Waals surface area contributed by atoms with E-state index in [-0.39, 0.29) is 5.92 Å². The smallest absolute Gasteiger partial charge is 0.317 e. The molecular weight excluding hydrogens is 236 g/mol. The van der Waals surface area contributed by atoms with Gasteiger partial charge in [0.25, 0.3) is 0 Å². The Labute approximate surface area is 108 Å². The zero-order valence-electron chi connectivity index (χ0n) is 11.5. The van der Waals surface area contributed by atoms with Crippen molar-refractivity contribution >= 4 is 11.9 Å². The van der Waals surface area contributed by atoms with Crippen molar-refractivity contribution in [1.82, 2.24) is 0 Å². The molecule has 0 aromatic heterocycles. The standard InChI is InChI=1S/C13H22O5/c1-5-9(13(16-6-2)17-7-3)10-8(4)11(14)18-12(10)15/h8-10,13H,5-7H2,1-4H3. The van der Waals surface area contributed by atoms with Gasteiger partial charge in [0, 0.05) is 19.1 Å². The van der Waals surface area contributed by atoms with Crippen LogP contribution in [0, 0.1) is 17.8 Å². The summed E-state index contributed by atoms with van der Waals surface area (Å²) in [4.78, 5) is 23.2. The number of hydrogen-bond donors (Lipinski definition) is 0. The molecule has 3 atom stereocenters. The van der Waals surface area contributed by atoms with Gasteiger partial charge < -0.3 is 14.2 Å². The summed E-state index contributed by atoms with van der Waals surface area (Å²) in [5.74, 6) is -1.95. The molecule has 0 spiro atoms. The van der Waals surface area contributed by atoms with Gasteiger partial charge in [-0.3, -0.25) is 9.59 Å². The van der Waals surface area contributed by atoms with E-state index in [4.69, 9.17) is 9.47 Å². The van der Waals surface area contributed by atoms with Gasteiger partial charge in [-0.2, -0.15) is 0 Å². The SMILES string of the molecule is CCOC(OCC)C(CC)C1C(=O)OC(=O)C1C. The van der Waals surface area contributed by atoms with Crippen LogP contribution in [-0.4, -0.2) is 31.4 Å². The fraction of sp³-hybridized carbons (Fsp3) is 0.846. The van der Waals surface area contributed by atoms with Crippen molar-refractivity contribution in [3.8, 4) is 0 Å². The Bertz CT molecular complexity index is 296. The predicted molar refractivity (Wildman–Crippen MR) is 64.6 cm³/mol. The Morgan fingerprint density at radius 1 is 1.11 bits per heavy atom. The van der Waals surface area contributed by atoms with Crippen molar-refractivity contribution in [3.05, 3.63) is 0 Å². The van der Waals surface area contributed by atoms with Gasteiger partial charge in [-0.05, 0) is 20.3 Å². The number of esters is 2. The van der Waals surface area contributed by atoms with Crippen LogP contribution in [0.15, 0.2) is 0 Å². The van der Waals surface area contributed by atoms with Gasteiger partial charge in [-0.15, -0.1) is 0 Å².